The average molecular weight is 510 g/mol. The normalized spacial score (nSPS) is 20.8. The van der Waals surface area contributed by atoms with E-state index >= 15 is 0 Å². The van der Waals surface area contributed by atoms with E-state index in [0.29, 0.717) is 55.5 Å². The van der Waals surface area contributed by atoms with Crippen LogP contribution in [0.15, 0.2) is 30.3 Å². The topological polar surface area (TPSA) is 89.6 Å². The molecule has 2 unspecified atom stereocenters. The monoisotopic (exact) mass is 509 g/mol. The highest BCUT2D eigenvalue weighted by molar-refractivity contribution is 5.94. The molecule has 198 valence electrons. The maximum absolute atomic E-state index is 13.5. The SMILES string of the molecule is COc1cc2c(cc1OC)C(C)CN(C(=O)C1CCCN(CCNC(=O)c3ccc4c(c3)OCO4)C1)C2. The zero-order chi connectivity index (χ0) is 25.9. The predicted molar refractivity (Wildman–Crippen MR) is 137 cm³/mol. The predicted octanol–water partition coefficient (Wildman–Crippen LogP) is 3.02. The molecule has 9 nitrogen and oxygen atoms in total. The van der Waals surface area contributed by atoms with Crippen LogP contribution in [-0.4, -0.2) is 75.4 Å². The van der Waals surface area contributed by atoms with Gasteiger partial charge < -0.3 is 34.1 Å². The summed E-state index contributed by atoms with van der Waals surface area (Å²) in [6, 6.07) is 9.24. The summed E-state index contributed by atoms with van der Waals surface area (Å²) in [7, 11) is 3.28. The molecule has 2 aromatic carbocycles. The summed E-state index contributed by atoms with van der Waals surface area (Å²) in [5.74, 6) is 2.92. The summed E-state index contributed by atoms with van der Waals surface area (Å²) in [5, 5.41) is 2.99. The Bertz CT molecular complexity index is 1170. The summed E-state index contributed by atoms with van der Waals surface area (Å²) < 4.78 is 21.6. The molecule has 1 N–H and O–H groups in total. The summed E-state index contributed by atoms with van der Waals surface area (Å²) in [4.78, 5) is 30.4. The lowest BCUT2D eigenvalue weighted by Gasteiger charge is -2.38. The van der Waals surface area contributed by atoms with Gasteiger partial charge in [0.25, 0.3) is 5.91 Å². The van der Waals surface area contributed by atoms with Crippen molar-refractivity contribution in [2.45, 2.75) is 32.2 Å². The molecule has 0 aromatic heterocycles. The van der Waals surface area contributed by atoms with Gasteiger partial charge in [-0.05, 0) is 66.8 Å². The zero-order valence-electron chi connectivity index (χ0n) is 21.7. The average Bonchev–Trinajstić information content (AvgIpc) is 3.40. The summed E-state index contributed by atoms with van der Waals surface area (Å²) in [6.45, 7) is 6.48. The molecule has 1 fully saturated rings. The van der Waals surface area contributed by atoms with Gasteiger partial charge in [0.1, 0.15) is 0 Å². The van der Waals surface area contributed by atoms with Crippen molar-refractivity contribution in [1.29, 1.82) is 0 Å². The number of fused-ring (bicyclic) bond motifs is 2. The first-order valence-corrected chi connectivity index (χ1v) is 12.9. The number of nitrogens with zero attached hydrogens (tertiary/aromatic N) is 2. The quantitative estimate of drug-likeness (QED) is 0.614. The Kier molecular flexibility index (Phi) is 7.41. The number of nitrogens with one attached hydrogen (secondary N) is 1. The summed E-state index contributed by atoms with van der Waals surface area (Å²) >= 11 is 0. The Hall–Kier alpha value is -3.46. The molecule has 2 amide bonds. The van der Waals surface area contributed by atoms with Gasteiger partial charge in [0, 0.05) is 38.3 Å². The van der Waals surface area contributed by atoms with Crippen molar-refractivity contribution in [3.8, 4) is 23.0 Å². The van der Waals surface area contributed by atoms with Crippen LogP contribution in [0.3, 0.4) is 0 Å². The fourth-order valence-electron chi connectivity index (χ4n) is 5.59. The van der Waals surface area contributed by atoms with Gasteiger partial charge in [-0.15, -0.1) is 0 Å². The van der Waals surface area contributed by atoms with E-state index in [9.17, 15) is 9.59 Å². The van der Waals surface area contributed by atoms with Crippen molar-refractivity contribution in [3.05, 3.63) is 47.0 Å². The number of hydrogen-bond acceptors (Lipinski definition) is 7. The van der Waals surface area contributed by atoms with Crippen molar-refractivity contribution in [1.82, 2.24) is 15.1 Å². The molecule has 2 atom stereocenters. The first kappa shape index (κ1) is 25.2. The fourth-order valence-corrected chi connectivity index (χ4v) is 5.59. The van der Waals surface area contributed by atoms with Gasteiger partial charge in [-0.1, -0.05) is 6.92 Å². The highest BCUT2D eigenvalue weighted by Gasteiger charge is 2.33. The lowest BCUT2D eigenvalue weighted by atomic mass is 9.88. The molecule has 3 aliphatic rings. The van der Waals surface area contributed by atoms with E-state index in [1.165, 1.54) is 5.56 Å². The standard InChI is InChI=1S/C28H35N3O6/c1-18-14-31(16-21-12-24(34-2)25(35-3)13-22(18)21)28(33)20-5-4-9-30(15-20)10-8-29-27(32)19-6-7-23-26(11-19)37-17-36-23/h6-7,11-13,18,20H,4-5,8-10,14-17H2,1-3H3,(H,29,32). The van der Waals surface area contributed by atoms with E-state index in [1.54, 1.807) is 32.4 Å². The van der Waals surface area contributed by atoms with E-state index in [1.807, 2.05) is 17.0 Å². The first-order valence-electron chi connectivity index (χ1n) is 12.9. The lowest BCUT2D eigenvalue weighted by molar-refractivity contribution is -0.138. The second-order valence-corrected chi connectivity index (χ2v) is 9.99. The number of piperidine rings is 1. The molecule has 0 radical (unpaired) electrons. The molecule has 0 spiro atoms. The van der Waals surface area contributed by atoms with E-state index in [2.05, 4.69) is 17.1 Å². The highest BCUT2D eigenvalue weighted by Crippen LogP contribution is 2.38. The molecule has 0 aliphatic carbocycles. The number of ether oxygens (including phenoxy) is 4. The Morgan fingerprint density at radius 3 is 2.65 bits per heavy atom. The molecule has 9 heteroatoms. The van der Waals surface area contributed by atoms with Crippen LogP contribution < -0.4 is 24.3 Å². The summed E-state index contributed by atoms with van der Waals surface area (Å²) in [5.41, 5.74) is 2.87. The zero-order valence-corrected chi connectivity index (χ0v) is 21.7. The molecule has 37 heavy (non-hydrogen) atoms. The van der Waals surface area contributed by atoms with Crippen LogP contribution in [0.5, 0.6) is 23.0 Å². The minimum Gasteiger partial charge on any atom is -0.493 e. The number of likely N-dealkylation sites (tertiary alicyclic amines) is 1. The maximum Gasteiger partial charge on any atom is 0.251 e. The number of carbonyl (C=O) groups is 2. The van der Waals surface area contributed by atoms with Crippen molar-refractivity contribution in [2.75, 3.05) is 53.7 Å². The van der Waals surface area contributed by atoms with Gasteiger partial charge in [0.15, 0.2) is 23.0 Å². The van der Waals surface area contributed by atoms with Gasteiger partial charge in [0.05, 0.1) is 20.1 Å². The maximum atomic E-state index is 13.5. The van der Waals surface area contributed by atoms with Crippen molar-refractivity contribution < 1.29 is 28.5 Å². The van der Waals surface area contributed by atoms with Crippen LogP contribution in [0.25, 0.3) is 0 Å². The van der Waals surface area contributed by atoms with Gasteiger partial charge in [-0.25, -0.2) is 0 Å². The van der Waals surface area contributed by atoms with Crippen LogP contribution in [-0.2, 0) is 11.3 Å². The number of rotatable bonds is 7. The van der Waals surface area contributed by atoms with Gasteiger partial charge in [0.2, 0.25) is 12.7 Å². The van der Waals surface area contributed by atoms with Gasteiger partial charge in [-0.2, -0.15) is 0 Å². The van der Waals surface area contributed by atoms with E-state index in [-0.39, 0.29) is 30.4 Å². The van der Waals surface area contributed by atoms with Crippen LogP contribution in [0.2, 0.25) is 0 Å². The van der Waals surface area contributed by atoms with E-state index < -0.39 is 0 Å². The highest BCUT2D eigenvalue weighted by atomic mass is 16.7. The number of hydrogen-bond donors (Lipinski definition) is 1. The molecule has 3 heterocycles. The van der Waals surface area contributed by atoms with E-state index in [0.717, 1.165) is 30.7 Å². The van der Waals surface area contributed by atoms with Crippen molar-refractivity contribution in [2.24, 2.45) is 5.92 Å². The molecule has 2 aromatic rings. The minimum atomic E-state index is -0.143. The molecular weight excluding hydrogens is 474 g/mol. The first-order chi connectivity index (χ1) is 18.0. The Morgan fingerprint density at radius 1 is 1.05 bits per heavy atom. The van der Waals surface area contributed by atoms with Crippen molar-refractivity contribution >= 4 is 11.8 Å². The van der Waals surface area contributed by atoms with Crippen LogP contribution in [0, 0.1) is 5.92 Å². The molecule has 1 saturated heterocycles. The Morgan fingerprint density at radius 2 is 1.84 bits per heavy atom. The third kappa shape index (κ3) is 5.32. The Labute approximate surface area is 217 Å². The minimum absolute atomic E-state index is 0.0350. The third-order valence-electron chi connectivity index (χ3n) is 7.55. The van der Waals surface area contributed by atoms with Gasteiger partial charge in [-0.3, -0.25) is 9.59 Å². The van der Waals surface area contributed by atoms with Crippen LogP contribution >= 0.6 is 0 Å². The number of amides is 2. The molecule has 0 bridgehead atoms. The Balaban J connectivity index is 1.15. The summed E-state index contributed by atoms with van der Waals surface area (Å²) in [6.07, 6.45) is 1.86. The smallest absolute Gasteiger partial charge is 0.251 e. The fraction of sp³-hybridized carbons (Fsp3) is 0.500. The van der Waals surface area contributed by atoms with Crippen LogP contribution in [0.4, 0.5) is 0 Å². The number of benzene rings is 2. The third-order valence-corrected chi connectivity index (χ3v) is 7.55. The largest absolute Gasteiger partial charge is 0.493 e. The second kappa shape index (κ2) is 10.9. The second-order valence-electron chi connectivity index (χ2n) is 9.99. The molecule has 0 saturated carbocycles. The molecular formula is C28H35N3O6. The molecule has 5 rings (SSSR count). The lowest BCUT2D eigenvalue weighted by Crippen LogP contribution is -2.48. The number of methoxy groups -OCH3 is 2. The van der Waals surface area contributed by atoms with E-state index in [4.69, 9.17) is 18.9 Å². The number of carbonyl (C=O) groups excluding carboxylic acids is 2. The molecule has 3 aliphatic heterocycles. The van der Waals surface area contributed by atoms with Crippen molar-refractivity contribution in [3.63, 3.8) is 0 Å². The van der Waals surface area contributed by atoms with Gasteiger partial charge >= 0.3 is 0 Å². The van der Waals surface area contributed by atoms with Crippen LogP contribution in [0.1, 0.15) is 47.2 Å².